The maximum Gasteiger partial charge on any atom is 0.472 e. The summed E-state index contributed by atoms with van der Waals surface area (Å²) in [6.07, 6.45) is 80.6. The first-order chi connectivity index (χ1) is 41.4. The highest BCUT2D eigenvalue weighted by Gasteiger charge is 2.30. The Bertz CT molecular complexity index is 1500. The number of carbonyl (C=O) groups is 2. The zero-order chi connectivity index (χ0) is 62.1. The van der Waals surface area contributed by atoms with Crippen LogP contribution in [0.15, 0.2) is 24.3 Å². The number of amides is 1. The second-order valence-corrected chi connectivity index (χ2v) is 28.6. The molecule has 85 heavy (non-hydrogen) atoms. The summed E-state index contributed by atoms with van der Waals surface area (Å²) in [6.45, 7) is 7.09. The third-order valence-electron chi connectivity index (χ3n) is 17.4. The standard InChI is InChI=1S/C75H147N2O7P/c1-7-10-13-16-19-22-25-28-30-32-34-36-37-38-39-41-42-44-46-49-52-55-58-61-64-67-74(78)76-72(71-83-85(80,81)82-70-69-77(4,5)6)73(66-63-60-57-54-51-48-27-24-21-18-15-12-9-3)84-75(79)68-65-62-59-56-53-50-47-45-43-40-35-33-31-29-26-23-20-17-14-11-8-2/h29,31,63,66,72-73H,7-28,30,32-62,64-65,67-71H2,1-6H3,(H-,76,78,80,81)/p+1/b31-29+,66-63+. The fourth-order valence-corrected chi connectivity index (χ4v) is 12.3. The molecule has 0 bridgehead atoms. The Morgan fingerprint density at radius 1 is 0.400 bits per heavy atom. The number of esters is 1. The van der Waals surface area contributed by atoms with Crippen LogP contribution in [-0.2, 0) is 27.9 Å². The fraction of sp³-hybridized carbons (Fsp3) is 0.920. The van der Waals surface area contributed by atoms with Gasteiger partial charge in [-0.15, -0.1) is 0 Å². The normalized spacial score (nSPS) is 13.5. The first-order valence-electron chi connectivity index (χ1n) is 37.7. The van der Waals surface area contributed by atoms with Crippen LogP contribution in [0, 0.1) is 0 Å². The maximum absolute atomic E-state index is 13.6. The van der Waals surface area contributed by atoms with E-state index in [1.165, 1.54) is 302 Å². The summed E-state index contributed by atoms with van der Waals surface area (Å²) in [7, 11) is 1.52. The minimum atomic E-state index is -4.45. The Hall–Kier alpha value is -1.51. The molecule has 10 heteroatoms. The van der Waals surface area contributed by atoms with E-state index in [4.69, 9.17) is 13.8 Å². The first-order valence-corrected chi connectivity index (χ1v) is 39.2. The number of phosphoric ester groups is 1. The Morgan fingerprint density at radius 3 is 1.00 bits per heavy atom. The van der Waals surface area contributed by atoms with E-state index in [-0.39, 0.29) is 25.1 Å². The van der Waals surface area contributed by atoms with Gasteiger partial charge in [0.1, 0.15) is 19.3 Å². The monoisotopic (exact) mass is 1220 g/mol. The second-order valence-electron chi connectivity index (χ2n) is 27.2. The van der Waals surface area contributed by atoms with Crippen LogP contribution < -0.4 is 5.32 Å². The predicted molar refractivity (Wildman–Crippen MR) is 370 cm³/mol. The van der Waals surface area contributed by atoms with Crippen LogP contribution in [0.4, 0.5) is 0 Å². The Morgan fingerprint density at radius 2 is 0.682 bits per heavy atom. The van der Waals surface area contributed by atoms with Crippen LogP contribution in [0.2, 0.25) is 0 Å². The highest BCUT2D eigenvalue weighted by molar-refractivity contribution is 7.47. The van der Waals surface area contributed by atoms with Crippen LogP contribution in [0.1, 0.15) is 393 Å². The number of hydrogen-bond acceptors (Lipinski definition) is 6. The van der Waals surface area contributed by atoms with Gasteiger partial charge in [-0.25, -0.2) is 4.57 Å². The molecule has 1 amide bonds. The van der Waals surface area contributed by atoms with E-state index < -0.39 is 20.0 Å². The predicted octanol–water partition coefficient (Wildman–Crippen LogP) is 24.0. The third-order valence-corrected chi connectivity index (χ3v) is 18.4. The molecule has 0 rings (SSSR count). The van der Waals surface area contributed by atoms with E-state index in [0.29, 0.717) is 23.9 Å². The van der Waals surface area contributed by atoms with Crippen LogP contribution >= 0.6 is 7.82 Å². The van der Waals surface area contributed by atoms with Gasteiger partial charge in [0.25, 0.3) is 0 Å². The maximum atomic E-state index is 13.6. The number of rotatable bonds is 70. The van der Waals surface area contributed by atoms with Gasteiger partial charge in [-0.2, -0.15) is 0 Å². The highest BCUT2D eigenvalue weighted by Crippen LogP contribution is 2.43. The van der Waals surface area contributed by atoms with Crippen LogP contribution in [-0.4, -0.2) is 74.3 Å². The Labute approximate surface area is 530 Å². The van der Waals surface area contributed by atoms with Gasteiger partial charge >= 0.3 is 13.8 Å². The van der Waals surface area contributed by atoms with Crippen LogP contribution in [0.25, 0.3) is 0 Å². The Kier molecular flexibility index (Phi) is 64.3. The molecule has 2 N–H and O–H groups in total. The number of likely N-dealkylation sites (N-methyl/N-ethyl adjacent to an activating group) is 1. The number of phosphoric acid groups is 1. The average Bonchev–Trinajstić information content (AvgIpc) is 3.48. The summed E-state index contributed by atoms with van der Waals surface area (Å²) < 4.78 is 30.9. The molecule has 0 aliphatic carbocycles. The van der Waals surface area contributed by atoms with Gasteiger partial charge in [-0.05, 0) is 57.4 Å². The zero-order valence-electron chi connectivity index (χ0n) is 57.9. The van der Waals surface area contributed by atoms with Crippen molar-refractivity contribution in [3.63, 3.8) is 0 Å². The molecule has 0 saturated carbocycles. The molecule has 3 unspecified atom stereocenters. The molecular weight excluding hydrogens is 1070 g/mol. The van der Waals surface area contributed by atoms with E-state index in [0.717, 1.165) is 57.8 Å². The van der Waals surface area contributed by atoms with E-state index in [1.807, 2.05) is 27.2 Å². The minimum absolute atomic E-state index is 0.0445. The number of carbonyl (C=O) groups excluding carboxylic acids is 2. The molecule has 0 fully saturated rings. The fourth-order valence-electron chi connectivity index (χ4n) is 11.6. The number of nitrogens with one attached hydrogen (secondary N) is 1. The molecule has 3 atom stereocenters. The molecule has 0 aliphatic heterocycles. The van der Waals surface area contributed by atoms with E-state index in [9.17, 15) is 19.0 Å². The zero-order valence-corrected chi connectivity index (χ0v) is 58.8. The van der Waals surface area contributed by atoms with Crippen molar-refractivity contribution in [3.8, 4) is 0 Å². The lowest BCUT2D eigenvalue weighted by molar-refractivity contribution is -0.870. The second kappa shape index (κ2) is 65.4. The molecule has 0 saturated heterocycles. The first kappa shape index (κ1) is 83.5. The SMILES string of the molecule is CCCCCCCC/C=C/CCCCCCCCCCCCCC(=O)OC(/C=C/CCCCCCCCCCCCC)C(COP(=O)(O)OCC[N+](C)(C)C)NC(=O)CCCCCCCCCCCCCCCCCCCCCCCCCCC. The van der Waals surface area contributed by atoms with Gasteiger partial charge in [0.2, 0.25) is 5.91 Å². The van der Waals surface area contributed by atoms with Gasteiger partial charge in [0.15, 0.2) is 0 Å². The lowest BCUT2D eigenvalue weighted by atomic mass is 10.0. The summed E-state index contributed by atoms with van der Waals surface area (Å²) in [5.41, 5.74) is 0. The van der Waals surface area contributed by atoms with Gasteiger partial charge in [-0.1, -0.05) is 347 Å². The van der Waals surface area contributed by atoms with Crippen molar-refractivity contribution in [1.29, 1.82) is 0 Å². The van der Waals surface area contributed by atoms with E-state index in [1.54, 1.807) is 0 Å². The topological polar surface area (TPSA) is 111 Å². The molecule has 0 radical (unpaired) electrons. The number of quaternary nitrogens is 1. The van der Waals surface area contributed by atoms with Crippen molar-refractivity contribution in [1.82, 2.24) is 5.32 Å². The number of ether oxygens (including phenoxy) is 1. The van der Waals surface area contributed by atoms with Crippen LogP contribution in [0.3, 0.4) is 0 Å². The summed E-state index contributed by atoms with van der Waals surface area (Å²) >= 11 is 0. The third kappa shape index (κ3) is 66.7. The van der Waals surface area contributed by atoms with Crippen molar-refractivity contribution < 1.29 is 37.3 Å². The van der Waals surface area contributed by atoms with Crippen molar-refractivity contribution in [2.45, 2.75) is 405 Å². The largest absolute Gasteiger partial charge is 0.472 e. The lowest BCUT2D eigenvalue weighted by Crippen LogP contribution is -2.47. The lowest BCUT2D eigenvalue weighted by Gasteiger charge is -2.27. The molecule has 0 aliphatic rings. The van der Waals surface area contributed by atoms with Crippen molar-refractivity contribution >= 4 is 19.7 Å². The number of allylic oxidation sites excluding steroid dienone is 3. The molecule has 0 spiro atoms. The molecule has 0 aromatic heterocycles. The molecule has 0 heterocycles. The molecule has 504 valence electrons. The molecule has 0 aromatic rings. The molecule has 0 aromatic carbocycles. The van der Waals surface area contributed by atoms with E-state index >= 15 is 0 Å². The van der Waals surface area contributed by atoms with Crippen molar-refractivity contribution in [3.05, 3.63) is 24.3 Å². The highest BCUT2D eigenvalue weighted by atomic mass is 31.2. The van der Waals surface area contributed by atoms with E-state index in [2.05, 4.69) is 44.3 Å². The molecular formula is C75H148N2O7P+. The number of unbranched alkanes of at least 4 members (excludes halogenated alkanes) is 52. The summed E-state index contributed by atoms with van der Waals surface area (Å²) in [5, 5.41) is 3.09. The average molecular weight is 1220 g/mol. The van der Waals surface area contributed by atoms with Crippen molar-refractivity contribution in [2.24, 2.45) is 0 Å². The van der Waals surface area contributed by atoms with Gasteiger partial charge in [0.05, 0.1) is 33.8 Å². The number of nitrogens with zero attached hydrogens (tertiary/aromatic N) is 1. The van der Waals surface area contributed by atoms with Gasteiger partial charge in [0, 0.05) is 12.8 Å². The Balaban J connectivity index is 5.00. The summed E-state index contributed by atoms with van der Waals surface area (Å²) in [5.74, 6) is -0.480. The molecule has 9 nitrogen and oxygen atoms in total. The van der Waals surface area contributed by atoms with Gasteiger partial charge < -0.3 is 19.4 Å². The smallest absolute Gasteiger partial charge is 0.456 e. The van der Waals surface area contributed by atoms with Crippen molar-refractivity contribution in [2.75, 3.05) is 40.9 Å². The summed E-state index contributed by atoms with van der Waals surface area (Å²) in [4.78, 5) is 38.0. The number of hydrogen-bond donors (Lipinski definition) is 2. The quantitative estimate of drug-likeness (QED) is 0.0205. The minimum Gasteiger partial charge on any atom is -0.456 e. The van der Waals surface area contributed by atoms with Gasteiger partial charge in [-0.3, -0.25) is 18.6 Å². The van der Waals surface area contributed by atoms with Crippen LogP contribution in [0.5, 0.6) is 0 Å². The summed E-state index contributed by atoms with van der Waals surface area (Å²) in [6, 6.07) is -0.844.